The van der Waals surface area contributed by atoms with E-state index in [0.717, 1.165) is 38.9 Å². The summed E-state index contributed by atoms with van der Waals surface area (Å²) >= 11 is 0. The standard InChI is InChI=1S/C13H27N3O2/c1-13(2,18)5-9-16-8-3-4-11(10-16)12(17)15-7-6-14/h11,18H,3-10,14H2,1-2H3,(H,15,17). The molecule has 0 radical (unpaired) electrons. The van der Waals surface area contributed by atoms with Crippen molar-refractivity contribution in [2.75, 3.05) is 32.7 Å². The average molecular weight is 257 g/mol. The van der Waals surface area contributed by atoms with Gasteiger partial charge in [-0.25, -0.2) is 0 Å². The highest BCUT2D eigenvalue weighted by atomic mass is 16.3. The van der Waals surface area contributed by atoms with E-state index in [1.165, 1.54) is 0 Å². The molecule has 1 unspecified atom stereocenters. The van der Waals surface area contributed by atoms with Gasteiger partial charge in [0.2, 0.25) is 5.91 Å². The van der Waals surface area contributed by atoms with Crippen LogP contribution >= 0.6 is 0 Å². The highest BCUT2D eigenvalue weighted by Crippen LogP contribution is 2.18. The van der Waals surface area contributed by atoms with Crippen LogP contribution in [0.1, 0.15) is 33.1 Å². The molecule has 0 bridgehead atoms. The van der Waals surface area contributed by atoms with Crippen molar-refractivity contribution in [2.45, 2.75) is 38.7 Å². The lowest BCUT2D eigenvalue weighted by molar-refractivity contribution is -0.126. The second-order valence-electron chi connectivity index (χ2n) is 5.78. The number of hydrogen-bond donors (Lipinski definition) is 3. The van der Waals surface area contributed by atoms with E-state index in [-0.39, 0.29) is 11.8 Å². The maximum absolute atomic E-state index is 11.9. The summed E-state index contributed by atoms with van der Waals surface area (Å²) < 4.78 is 0. The Bertz CT molecular complexity index is 263. The summed E-state index contributed by atoms with van der Waals surface area (Å²) in [5.41, 5.74) is 4.75. The number of carbonyl (C=O) groups excluding carboxylic acids is 1. The molecule has 1 atom stereocenters. The summed E-state index contributed by atoms with van der Waals surface area (Å²) in [7, 11) is 0. The Morgan fingerprint density at radius 2 is 2.28 bits per heavy atom. The van der Waals surface area contributed by atoms with Gasteiger partial charge in [0.15, 0.2) is 0 Å². The lowest BCUT2D eigenvalue weighted by Crippen LogP contribution is -2.45. The Kier molecular flexibility index (Phi) is 6.05. The molecule has 1 aliphatic rings. The molecular formula is C13H27N3O2. The van der Waals surface area contributed by atoms with Gasteiger partial charge < -0.3 is 21.1 Å². The maximum atomic E-state index is 11.9. The van der Waals surface area contributed by atoms with E-state index in [1.807, 2.05) is 13.8 Å². The maximum Gasteiger partial charge on any atom is 0.224 e. The molecule has 0 aromatic carbocycles. The Labute approximate surface area is 110 Å². The molecule has 1 amide bonds. The second-order valence-corrected chi connectivity index (χ2v) is 5.78. The zero-order valence-electron chi connectivity index (χ0n) is 11.6. The normalized spacial score (nSPS) is 21.9. The van der Waals surface area contributed by atoms with Crippen LogP contribution in [0.3, 0.4) is 0 Å². The second kappa shape index (κ2) is 7.07. The van der Waals surface area contributed by atoms with E-state index in [9.17, 15) is 9.90 Å². The van der Waals surface area contributed by atoms with Crippen molar-refractivity contribution >= 4 is 5.91 Å². The van der Waals surface area contributed by atoms with Crippen LogP contribution in [0.25, 0.3) is 0 Å². The summed E-state index contributed by atoms with van der Waals surface area (Å²) in [6, 6.07) is 0. The number of aliphatic hydroxyl groups is 1. The van der Waals surface area contributed by atoms with Gasteiger partial charge in [0.25, 0.3) is 0 Å². The van der Waals surface area contributed by atoms with Crippen LogP contribution in [0.15, 0.2) is 0 Å². The first kappa shape index (κ1) is 15.4. The summed E-state index contributed by atoms with van der Waals surface area (Å²) in [4.78, 5) is 14.1. The number of piperidine rings is 1. The van der Waals surface area contributed by atoms with E-state index in [1.54, 1.807) is 0 Å². The van der Waals surface area contributed by atoms with Gasteiger partial charge in [-0.3, -0.25) is 4.79 Å². The minimum absolute atomic E-state index is 0.0760. The minimum atomic E-state index is -0.630. The molecule has 1 fully saturated rings. The third-order valence-electron chi connectivity index (χ3n) is 3.36. The molecule has 0 aromatic rings. The topological polar surface area (TPSA) is 78.6 Å². The number of nitrogens with two attached hydrogens (primary N) is 1. The first-order valence-electron chi connectivity index (χ1n) is 6.85. The predicted octanol–water partition coefficient (Wildman–Crippen LogP) is -0.0657. The lowest BCUT2D eigenvalue weighted by Gasteiger charge is -2.33. The van der Waals surface area contributed by atoms with E-state index >= 15 is 0 Å². The highest BCUT2D eigenvalue weighted by Gasteiger charge is 2.26. The molecule has 0 aliphatic carbocycles. The van der Waals surface area contributed by atoms with Gasteiger partial charge in [0, 0.05) is 26.2 Å². The third-order valence-corrected chi connectivity index (χ3v) is 3.36. The molecule has 1 rings (SSSR count). The lowest BCUT2D eigenvalue weighted by atomic mass is 9.96. The smallest absolute Gasteiger partial charge is 0.224 e. The summed E-state index contributed by atoms with van der Waals surface area (Å²) in [6.07, 6.45) is 2.74. The molecule has 1 heterocycles. The Morgan fingerprint density at radius 3 is 2.89 bits per heavy atom. The molecule has 5 nitrogen and oxygen atoms in total. The fourth-order valence-corrected chi connectivity index (χ4v) is 2.24. The Morgan fingerprint density at radius 1 is 1.56 bits per heavy atom. The number of amides is 1. The molecule has 0 aromatic heterocycles. The molecule has 4 N–H and O–H groups in total. The minimum Gasteiger partial charge on any atom is -0.390 e. The van der Waals surface area contributed by atoms with Crippen LogP contribution in [0.5, 0.6) is 0 Å². The third kappa shape index (κ3) is 5.80. The van der Waals surface area contributed by atoms with E-state index < -0.39 is 5.60 Å². The van der Waals surface area contributed by atoms with Crippen molar-refractivity contribution in [1.29, 1.82) is 0 Å². The van der Waals surface area contributed by atoms with Gasteiger partial charge in [-0.2, -0.15) is 0 Å². The van der Waals surface area contributed by atoms with Crippen LogP contribution in [0.4, 0.5) is 0 Å². The van der Waals surface area contributed by atoms with Crippen LogP contribution < -0.4 is 11.1 Å². The summed E-state index contributed by atoms with van der Waals surface area (Å²) in [5.74, 6) is 0.195. The van der Waals surface area contributed by atoms with Gasteiger partial charge in [-0.15, -0.1) is 0 Å². The monoisotopic (exact) mass is 257 g/mol. The first-order chi connectivity index (χ1) is 8.42. The predicted molar refractivity (Wildman–Crippen MR) is 72.1 cm³/mol. The number of hydrogen-bond acceptors (Lipinski definition) is 4. The van der Waals surface area contributed by atoms with Crippen molar-refractivity contribution in [3.63, 3.8) is 0 Å². The SMILES string of the molecule is CC(C)(O)CCN1CCCC(C(=O)NCCN)C1. The molecular weight excluding hydrogens is 230 g/mol. The number of nitrogens with zero attached hydrogens (tertiary/aromatic N) is 1. The van der Waals surface area contributed by atoms with Crippen LogP contribution in [0.2, 0.25) is 0 Å². The summed E-state index contributed by atoms with van der Waals surface area (Å²) in [5, 5.41) is 12.6. The van der Waals surface area contributed by atoms with Crippen molar-refractivity contribution in [1.82, 2.24) is 10.2 Å². The van der Waals surface area contributed by atoms with Crippen molar-refractivity contribution < 1.29 is 9.90 Å². The molecule has 18 heavy (non-hydrogen) atoms. The average Bonchev–Trinajstić information content (AvgIpc) is 2.33. The number of rotatable bonds is 6. The van der Waals surface area contributed by atoms with Crippen molar-refractivity contribution in [3.8, 4) is 0 Å². The molecule has 0 saturated carbocycles. The quantitative estimate of drug-likeness (QED) is 0.622. The fraction of sp³-hybridized carbons (Fsp3) is 0.923. The number of nitrogens with one attached hydrogen (secondary N) is 1. The van der Waals surface area contributed by atoms with Gasteiger partial charge >= 0.3 is 0 Å². The van der Waals surface area contributed by atoms with Crippen molar-refractivity contribution in [2.24, 2.45) is 11.7 Å². The van der Waals surface area contributed by atoms with Gasteiger partial charge in [-0.05, 0) is 39.7 Å². The zero-order valence-corrected chi connectivity index (χ0v) is 11.6. The number of likely N-dealkylation sites (tertiary alicyclic amines) is 1. The molecule has 0 spiro atoms. The molecule has 106 valence electrons. The van der Waals surface area contributed by atoms with E-state index in [2.05, 4.69) is 10.2 Å². The fourth-order valence-electron chi connectivity index (χ4n) is 2.24. The molecule has 1 saturated heterocycles. The Hall–Kier alpha value is -0.650. The van der Waals surface area contributed by atoms with Crippen LogP contribution in [-0.4, -0.2) is 54.2 Å². The van der Waals surface area contributed by atoms with E-state index in [0.29, 0.717) is 13.1 Å². The molecule has 5 heteroatoms. The van der Waals surface area contributed by atoms with Crippen LogP contribution in [-0.2, 0) is 4.79 Å². The molecule has 1 aliphatic heterocycles. The Balaban J connectivity index is 2.34. The first-order valence-corrected chi connectivity index (χ1v) is 6.85. The zero-order chi connectivity index (χ0) is 13.6. The van der Waals surface area contributed by atoms with Gasteiger partial charge in [-0.1, -0.05) is 0 Å². The van der Waals surface area contributed by atoms with Crippen molar-refractivity contribution in [3.05, 3.63) is 0 Å². The van der Waals surface area contributed by atoms with Gasteiger partial charge in [0.05, 0.1) is 11.5 Å². The highest BCUT2D eigenvalue weighted by molar-refractivity contribution is 5.78. The van der Waals surface area contributed by atoms with Crippen LogP contribution in [0, 0.1) is 5.92 Å². The largest absolute Gasteiger partial charge is 0.390 e. The van der Waals surface area contributed by atoms with Gasteiger partial charge in [0.1, 0.15) is 0 Å². The number of carbonyl (C=O) groups is 1. The van der Waals surface area contributed by atoms with E-state index in [4.69, 9.17) is 5.73 Å². The summed E-state index contributed by atoms with van der Waals surface area (Å²) in [6.45, 7) is 7.36.